The van der Waals surface area contributed by atoms with E-state index in [0.29, 0.717) is 5.56 Å². The molecule has 1 aromatic carbocycles. The number of nitro groups is 1. The van der Waals surface area contributed by atoms with E-state index in [0.717, 1.165) is 0 Å². The van der Waals surface area contributed by atoms with Crippen LogP contribution in [-0.2, 0) is 9.57 Å². The molecule has 1 aliphatic rings. The summed E-state index contributed by atoms with van der Waals surface area (Å²) < 4.78 is 4.69. The third kappa shape index (κ3) is 1.86. The van der Waals surface area contributed by atoms with Crippen LogP contribution < -0.4 is 5.48 Å². The number of nitrogens with zero attached hydrogens (tertiary/aromatic N) is 1. The molecule has 1 aliphatic heterocycles. The summed E-state index contributed by atoms with van der Waals surface area (Å²) in [5, 5.41) is 10.5. The van der Waals surface area contributed by atoms with E-state index in [9.17, 15) is 14.9 Å². The molecule has 1 amide bonds. The highest BCUT2D eigenvalue weighted by Crippen LogP contribution is 2.24. The highest BCUT2D eigenvalue weighted by molar-refractivity contribution is 5.67. The number of hydrogen-bond acceptors (Lipinski definition) is 5. The van der Waals surface area contributed by atoms with Gasteiger partial charge in [0, 0.05) is 17.7 Å². The zero-order valence-electron chi connectivity index (χ0n) is 7.38. The molecule has 15 heavy (non-hydrogen) atoms. The van der Waals surface area contributed by atoms with Crippen molar-refractivity contribution in [2.75, 3.05) is 0 Å². The normalized spacial score (nSPS) is 19.5. The Morgan fingerprint density at radius 1 is 1.47 bits per heavy atom. The van der Waals surface area contributed by atoms with Crippen LogP contribution in [0.5, 0.6) is 0 Å². The van der Waals surface area contributed by atoms with E-state index >= 15 is 0 Å². The maximum Gasteiger partial charge on any atom is 0.434 e. The molecule has 2 rings (SSSR count). The lowest BCUT2D eigenvalue weighted by molar-refractivity contribution is -0.385. The fourth-order valence-corrected chi connectivity index (χ4v) is 1.17. The molecule has 7 heteroatoms. The second kappa shape index (κ2) is 3.54. The summed E-state index contributed by atoms with van der Waals surface area (Å²) >= 11 is 0. The molecule has 0 spiro atoms. The Kier molecular flexibility index (Phi) is 2.22. The third-order valence-electron chi connectivity index (χ3n) is 1.82. The number of ether oxygens (including phenoxy) is 1. The van der Waals surface area contributed by atoms with Gasteiger partial charge in [0.15, 0.2) is 0 Å². The average molecular weight is 210 g/mol. The molecule has 1 heterocycles. The van der Waals surface area contributed by atoms with Gasteiger partial charge in [0.05, 0.1) is 4.92 Å². The number of carbonyl (C=O) groups excluding carboxylic acids is 1. The quantitative estimate of drug-likeness (QED) is 0.586. The first-order valence-corrected chi connectivity index (χ1v) is 4.03. The van der Waals surface area contributed by atoms with E-state index in [1.165, 1.54) is 18.2 Å². The molecule has 1 saturated heterocycles. The van der Waals surface area contributed by atoms with E-state index in [1.807, 2.05) is 5.48 Å². The number of hydrogen-bond donors (Lipinski definition) is 1. The van der Waals surface area contributed by atoms with Gasteiger partial charge in [0.2, 0.25) is 0 Å². The summed E-state index contributed by atoms with van der Waals surface area (Å²) in [4.78, 5) is 25.3. The van der Waals surface area contributed by atoms with Gasteiger partial charge < -0.3 is 4.74 Å². The van der Waals surface area contributed by atoms with Crippen LogP contribution in [0.1, 0.15) is 11.9 Å². The van der Waals surface area contributed by atoms with Crippen LogP contribution in [0.25, 0.3) is 0 Å². The largest absolute Gasteiger partial charge is 0.434 e. The minimum atomic E-state index is -0.933. The predicted molar refractivity (Wildman–Crippen MR) is 46.5 cm³/mol. The van der Waals surface area contributed by atoms with Gasteiger partial charge in [0.1, 0.15) is 0 Å². The number of nitrogens with one attached hydrogen (secondary N) is 1. The van der Waals surface area contributed by atoms with Gasteiger partial charge in [-0.3, -0.25) is 10.1 Å². The highest BCUT2D eigenvalue weighted by Gasteiger charge is 2.26. The number of non-ortho nitro benzene ring substituents is 1. The minimum absolute atomic E-state index is 0.0842. The number of cyclic esters (lactones) is 1. The number of rotatable bonds is 2. The zero-order chi connectivity index (χ0) is 10.8. The minimum Gasteiger partial charge on any atom is -0.411 e. The summed E-state index contributed by atoms with van der Waals surface area (Å²) in [5.74, 6) is 0. The van der Waals surface area contributed by atoms with Crippen LogP contribution in [0.4, 0.5) is 10.5 Å². The summed E-state index contributed by atoms with van der Waals surface area (Å²) in [6.45, 7) is 0. The van der Waals surface area contributed by atoms with Crippen LogP contribution in [0.15, 0.2) is 24.3 Å². The topological polar surface area (TPSA) is 90.7 Å². The Labute approximate surface area is 83.7 Å². The second-order valence-electron chi connectivity index (χ2n) is 2.81. The van der Waals surface area contributed by atoms with Crippen LogP contribution in [0, 0.1) is 10.1 Å². The van der Waals surface area contributed by atoms with Crippen molar-refractivity contribution in [3.63, 3.8) is 0 Å². The van der Waals surface area contributed by atoms with E-state index in [2.05, 4.69) is 4.74 Å². The predicted octanol–water partition coefficient (Wildman–Crippen LogP) is 1.26. The van der Waals surface area contributed by atoms with Crippen molar-refractivity contribution >= 4 is 11.8 Å². The molecular weight excluding hydrogens is 204 g/mol. The van der Waals surface area contributed by atoms with Gasteiger partial charge in [-0.1, -0.05) is 12.1 Å². The highest BCUT2D eigenvalue weighted by atomic mass is 16.9. The Bertz CT molecular complexity index is 419. The third-order valence-corrected chi connectivity index (χ3v) is 1.82. The van der Waals surface area contributed by atoms with E-state index < -0.39 is 17.3 Å². The fourth-order valence-electron chi connectivity index (χ4n) is 1.17. The number of carbonyl (C=O) groups is 1. The lowest BCUT2D eigenvalue weighted by Crippen LogP contribution is -2.10. The molecule has 7 nitrogen and oxygen atoms in total. The lowest BCUT2D eigenvalue weighted by atomic mass is 10.2. The van der Waals surface area contributed by atoms with Crippen molar-refractivity contribution in [2.24, 2.45) is 0 Å². The Morgan fingerprint density at radius 2 is 2.27 bits per heavy atom. The first-order valence-electron chi connectivity index (χ1n) is 4.03. The molecule has 0 bridgehead atoms. The first kappa shape index (κ1) is 9.41. The van der Waals surface area contributed by atoms with Gasteiger partial charge >= 0.3 is 6.09 Å². The van der Waals surface area contributed by atoms with Crippen molar-refractivity contribution in [3.05, 3.63) is 39.9 Å². The van der Waals surface area contributed by atoms with E-state index in [4.69, 9.17) is 4.84 Å². The molecule has 1 unspecified atom stereocenters. The van der Waals surface area contributed by atoms with E-state index in [-0.39, 0.29) is 5.69 Å². The van der Waals surface area contributed by atoms with Crippen LogP contribution >= 0.6 is 0 Å². The van der Waals surface area contributed by atoms with Crippen molar-refractivity contribution < 1.29 is 19.3 Å². The standard InChI is InChI=1S/C8H6N2O5/c11-8-9-15-7(14-8)5-2-1-3-6(4-5)10(12)13/h1-4,7H,(H,9,11). The molecule has 0 saturated carbocycles. The summed E-state index contributed by atoms with van der Waals surface area (Å²) in [6, 6.07) is 5.68. The fraction of sp³-hybridized carbons (Fsp3) is 0.125. The SMILES string of the molecule is O=C1NOC(c2cccc([N+](=O)[O-])c2)O1. The van der Waals surface area contributed by atoms with Crippen LogP contribution in [0.2, 0.25) is 0 Å². The number of benzene rings is 1. The van der Waals surface area contributed by atoms with Crippen molar-refractivity contribution in [1.82, 2.24) is 5.48 Å². The number of hydroxylamine groups is 1. The van der Waals surface area contributed by atoms with Crippen molar-refractivity contribution in [3.8, 4) is 0 Å². The van der Waals surface area contributed by atoms with Gasteiger partial charge in [-0.2, -0.15) is 5.48 Å². The van der Waals surface area contributed by atoms with Gasteiger partial charge in [0.25, 0.3) is 12.0 Å². The van der Waals surface area contributed by atoms with E-state index in [1.54, 1.807) is 6.07 Å². The van der Waals surface area contributed by atoms with Gasteiger partial charge in [-0.25, -0.2) is 9.63 Å². The second-order valence-corrected chi connectivity index (χ2v) is 2.81. The summed E-state index contributed by atoms with van der Waals surface area (Å²) in [6.07, 6.45) is -1.65. The summed E-state index contributed by atoms with van der Waals surface area (Å²) in [5.41, 5.74) is 2.31. The average Bonchev–Trinajstić information content (AvgIpc) is 2.65. The molecule has 1 N–H and O–H groups in total. The van der Waals surface area contributed by atoms with Gasteiger partial charge in [-0.15, -0.1) is 0 Å². The molecule has 0 aliphatic carbocycles. The molecule has 0 radical (unpaired) electrons. The first-order chi connectivity index (χ1) is 7.16. The molecular formula is C8H6N2O5. The molecule has 1 aromatic rings. The zero-order valence-corrected chi connectivity index (χ0v) is 7.38. The maximum atomic E-state index is 10.7. The number of amides is 1. The van der Waals surface area contributed by atoms with Crippen molar-refractivity contribution in [1.29, 1.82) is 0 Å². The molecule has 1 fully saturated rings. The molecule has 78 valence electrons. The van der Waals surface area contributed by atoms with Crippen molar-refractivity contribution in [2.45, 2.75) is 6.29 Å². The monoisotopic (exact) mass is 210 g/mol. The lowest BCUT2D eigenvalue weighted by Gasteiger charge is -2.05. The Morgan fingerprint density at radius 3 is 2.87 bits per heavy atom. The Balaban J connectivity index is 2.25. The van der Waals surface area contributed by atoms with Crippen LogP contribution in [0.3, 0.4) is 0 Å². The molecule has 1 atom stereocenters. The number of nitro benzene ring substituents is 1. The maximum absolute atomic E-state index is 10.7. The Hall–Kier alpha value is -2.15. The van der Waals surface area contributed by atoms with Gasteiger partial charge in [-0.05, 0) is 0 Å². The summed E-state index contributed by atoms with van der Waals surface area (Å²) in [7, 11) is 0. The van der Waals surface area contributed by atoms with Crippen LogP contribution in [-0.4, -0.2) is 11.0 Å². The smallest absolute Gasteiger partial charge is 0.411 e. The molecule has 0 aromatic heterocycles.